The van der Waals surface area contributed by atoms with Gasteiger partial charge in [-0.3, -0.25) is 4.79 Å². The summed E-state index contributed by atoms with van der Waals surface area (Å²) in [7, 11) is 1.65. The number of anilines is 2. The molecule has 1 amide bonds. The molecule has 0 saturated heterocycles. The zero-order valence-corrected chi connectivity index (χ0v) is 16.0. The molecule has 7 nitrogen and oxygen atoms in total. The van der Waals surface area contributed by atoms with Crippen LogP contribution in [-0.4, -0.2) is 31.3 Å². The molecular formula is C22H21N3O4. The Morgan fingerprint density at radius 3 is 2.90 bits per heavy atom. The maximum atomic E-state index is 12.6. The molecule has 7 heteroatoms. The minimum absolute atomic E-state index is 0.196. The van der Waals surface area contributed by atoms with Crippen molar-refractivity contribution in [1.82, 2.24) is 4.98 Å². The lowest BCUT2D eigenvalue weighted by Crippen LogP contribution is -2.13. The molecule has 0 bridgehead atoms. The Balaban J connectivity index is 1.35. The van der Waals surface area contributed by atoms with Gasteiger partial charge in [-0.05, 0) is 48.4 Å². The number of hydrogen-bond donors (Lipinski definition) is 2. The summed E-state index contributed by atoms with van der Waals surface area (Å²) in [6.07, 6.45) is 2.43. The highest BCUT2D eigenvalue weighted by molar-refractivity contribution is 6.04. The highest BCUT2D eigenvalue weighted by Crippen LogP contribution is 2.34. The second kappa shape index (κ2) is 8.52. The van der Waals surface area contributed by atoms with Gasteiger partial charge in [-0.2, -0.15) is 0 Å². The molecule has 0 atom stereocenters. The van der Waals surface area contributed by atoms with Gasteiger partial charge in [0.2, 0.25) is 6.79 Å². The first kappa shape index (κ1) is 18.6. The van der Waals surface area contributed by atoms with Gasteiger partial charge in [-0.1, -0.05) is 12.1 Å². The molecule has 0 fully saturated rings. The Morgan fingerprint density at radius 2 is 2.00 bits per heavy atom. The minimum atomic E-state index is -0.220. The van der Waals surface area contributed by atoms with E-state index in [1.54, 1.807) is 43.6 Å². The van der Waals surface area contributed by atoms with Gasteiger partial charge in [0, 0.05) is 30.1 Å². The number of ether oxygens (including phenoxy) is 3. The van der Waals surface area contributed by atoms with E-state index >= 15 is 0 Å². The molecule has 29 heavy (non-hydrogen) atoms. The van der Waals surface area contributed by atoms with E-state index in [-0.39, 0.29) is 12.7 Å². The zero-order chi connectivity index (χ0) is 20.1. The maximum Gasteiger partial charge on any atom is 0.255 e. The van der Waals surface area contributed by atoms with Crippen molar-refractivity contribution in [2.75, 3.05) is 31.1 Å². The molecule has 4 rings (SSSR count). The first-order chi connectivity index (χ1) is 14.2. The smallest absolute Gasteiger partial charge is 0.255 e. The van der Waals surface area contributed by atoms with Crippen molar-refractivity contribution in [2.24, 2.45) is 0 Å². The summed E-state index contributed by atoms with van der Waals surface area (Å²) in [6, 6.07) is 16.6. The number of hydrogen-bond acceptors (Lipinski definition) is 6. The Morgan fingerprint density at radius 1 is 1.10 bits per heavy atom. The summed E-state index contributed by atoms with van der Waals surface area (Å²) in [4.78, 5) is 16.9. The summed E-state index contributed by atoms with van der Waals surface area (Å²) in [5, 5.41) is 6.12. The van der Waals surface area contributed by atoms with Crippen LogP contribution in [0.2, 0.25) is 0 Å². The van der Waals surface area contributed by atoms with Gasteiger partial charge < -0.3 is 24.8 Å². The Labute approximate surface area is 168 Å². The van der Waals surface area contributed by atoms with Gasteiger partial charge in [-0.15, -0.1) is 0 Å². The van der Waals surface area contributed by atoms with E-state index in [1.807, 2.05) is 24.3 Å². The third-order valence-electron chi connectivity index (χ3n) is 4.51. The highest BCUT2D eigenvalue weighted by atomic mass is 16.7. The number of rotatable bonds is 7. The summed E-state index contributed by atoms with van der Waals surface area (Å²) >= 11 is 0. The Hall–Kier alpha value is -3.74. The predicted octanol–water partition coefficient (Wildman–Crippen LogP) is 3.73. The monoisotopic (exact) mass is 391 g/mol. The second-order valence-corrected chi connectivity index (χ2v) is 6.48. The van der Waals surface area contributed by atoms with Crippen LogP contribution in [-0.2, 0) is 6.42 Å². The molecule has 0 aliphatic carbocycles. The van der Waals surface area contributed by atoms with Gasteiger partial charge in [0.25, 0.3) is 5.91 Å². The number of methoxy groups -OCH3 is 1. The lowest BCUT2D eigenvalue weighted by molar-refractivity contribution is 0.102. The molecule has 148 valence electrons. The van der Waals surface area contributed by atoms with Crippen molar-refractivity contribution in [3.8, 4) is 17.2 Å². The van der Waals surface area contributed by atoms with E-state index < -0.39 is 0 Å². The fraction of sp³-hybridized carbons (Fsp3) is 0.182. The molecule has 1 aliphatic rings. The number of nitrogens with zero attached hydrogens (tertiary/aromatic N) is 1. The fourth-order valence-corrected chi connectivity index (χ4v) is 3.01. The summed E-state index contributed by atoms with van der Waals surface area (Å²) < 4.78 is 15.9. The van der Waals surface area contributed by atoms with Crippen LogP contribution in [0.15, 0.2) is 60.8 Å². The summed E-state index contributed by atoms with van der Waals surface area (Å²) in [6.45, 7) is 0.884. The maximum absolute atomic E-state index is 12.6. The van der Waals surface area contributed by atoms with Gasteiger partial charge >= 0.3 is 0 Å². The number of aromatic nitrogens is 1. The van der Waals surface area contributed by atoms with E-state index in [2.05, 4.69) is 15.6 Å². The van der Waals surface area contributed by atoms with E-state index in [0.29, 0.717) is 35.1 Å². The number of carbonyl (C=O) groups is 1. The molecular weight excluding hydrogens is 370 g/mol. The number of carbonyl (C=O) groups excluding carboxylic acids is 1. The van der Waals surface area contributed by atoms with Crippen LogP contribution in [0.25, 0.3) is 0 Å². The molecule has 0 spiro atoms. The molecule has 2 heterocycles. The SMILES string of the molecule is COc1cccc(CCNc2cc(C(=O)Nc3ccc4c(c3)OCO4)ccn2)c1. The first-order valence-electron chi connectivity index (χ1n) is 9.25. The average molecular weight is 391 g/mol. The predicted molar refractivity (Wildman–Crippen MR) is 110 cm³/mol. The van der Waals surface area contributed by atoms with Crippen LogP contribution in [0.1, 0.15) is 15.9 Å². The number of fused-ring (bicyclic) bond motifs is 1. The fourth-order valence-electron chi connectivity index (χ4n) is 3.01. The second-order valence-electron chi connectivity index (χ2n) is 6.48. The third kappa shape index (κ3) is 4.57. The quantitative estimate of drug-likeness (QED) is 0.639. The zero-order valence-electron chi connectivity index (χ0n) is 16.0. The minimum Gasteiger partial charge on any atom is -0.497 e. The van der Waals surface area contributed by atoms with Gasteiger partial charge in [-0.25, -0.2) is 4.98 Å². The van der Waals surface area contributed by atoms with Crippen LogP contribution >= 0.6 is 0 Å². The number of benzene rings is 2. The molecule has 0 radical (unpaired) electrons. The summed E-state index contributed by atoms with van der Waals surface area (Å²) in [5.41, 5.74) is 2.32. The van der Waals surface area contributed by atoms with Crippen LogP contribution in [0.4, 0.5) is 11.5 Å². The van der Waals surface area contributed by atoms with Crippen LogP contribution < -0.4 is 24.8 Å². The van der Waals surface area contributed by atoms with Crippen molar-refractivity contribution in [3.63, 3.8) is 0 Å². The largest absolute Gasteiger partial charge is 0.497 e. The molecule has 3 aromatic rings. The van der Waals surface area contributed by atoms with Crippen molar-refractivity contribution in [3.05, 3.63) is 71.9 Å². The average Bonchev–Trinajstić information content (AvgIpc) is 3.22. The Kier molecular flexibility index (Phi) is 5.47. The van der Waals surface area contributed by atoms with Crippen molar-refractivity contribution in [2.45, 2.75) is 6.42 Å². The van der Waals surface area contributed by atoms with Gasteiger partial charge in [0.05, 0.1) is 7.11 Å². The van der Waals surface area contributed by atoms with Crippen LogP contribution in [0.5, 0.6) is 17.2 Å². The summed E-state index contributed by atoms with van der Waals surface area (Å²) in [5.74, 6) is 2.56. The van der Waals surface area contributed by atoms with Crippen molar-refractivity contribution >= 4 is 17.4 Å². The molecule has 1 aromatic heterocycles. The highest BCUT2D eigenvalue weighted by Gasteiger charge is 2.15. The lowest BCUT2D eigenvalue weighted by atomic mass is 10.1. The van der Waals surface area contributed by atoms with Crippen LogP contribution in [0.3, 0.4) is 0 Å². The molecule has 1 aliphatic heterocycles. The van der Waals surface area contributed by atoms with Crippen LogP contribution in [0, 0.1) is 0 Å². The van der Waals surface area contributed by atoms with E-state index in [9.17, 15) is 4.79 Å². The third-order valence-corrected chi connectivity index (χ3v) is 4.51. The first-order valence-corrected chi connectivity index (χ1v) is 9.25. The van der Waals surface area contributed by atoms with Gasteiger partial charge in [0.15, 0.2) is 11.5 Å². The number of amides is 1. The lowest BCUT2D eigenvalue weighted by Gasteiger charge is -2.09. The molecule has 2 aromatic carbocycles. The molecule has 0 unspecified atom stereocenters. The topological polar surface area (TPSA) is 81.7 Å². The number of nitrogens with one attached hydrogen (secondary N) is 2. The molecule has 0 saturated carbocycles. The molecule has 2 N–H and O–H groups in total. The Bertz CT molecular complexity index is 1020. The number of pyridine rings is 1. The van der Waals surface area contributed by atoms with E-state index in [0.717, 1.165) is 17.7 Å². The van der Waals surface area contributed by atoms with Gasteiger partial charge in [0.1, 0.15) is 11.6 Å². The van der Waals surface area contributed by atoms with Crippen molar-refractivity contribution < 1.29 is 19.0 Å². The standard InChI is InChI=1S/C22H21N3O4/c1-27-18-4-2-3-15(11-18)7-9-23-21-12-16(8-10-24-21)22(26)25-17-5-6-19-20(13-17)29-14-28-19/h2-6,8,10-13H,7,9,14H2,1H3,(H,23,24)(H,25,26). The van der Waals surface area contributed by atoms with E-state index in [4.69, 9.17) is 14.2 Å². The van der Waals surface area contributed by atoms with Crippen molar-refractivity contribution in [1.29, 1.82) is 0 Å². The van der Waals surface area contributed by atoms with E-state index in [1.165, 1.54) is 0 Å². The normalized spacial score (nSPS) is 11.8.